The second kappa shape index (κ2) is 5.93. The lowest BCUT2D eigenvalue weighted by Gasteiger charge is -2.35. The van der Waals surface area contributed by atoms with Crippen LogP contribution in [0.5, 0.6) is 0 Å². The third kappa shape index (κ3) is 3.19. The van der Waals surface area contributed by atoms with Crippen molar-refractivity contribution in [2.75, 3.05) is 31.1 Å². The standard InChI is InChI=1S/C14H17BrN4O/c1-11-16-14(17-20-11)10-18-6-8-19(9-7-18)13-4-2-12(15)3-5-13/h2-5H,6-10H2,1H3. The monoisotopic (exact) mass is 336 g/mol. The predicted octanol–water partition coefficient (Wildman–Crippen LogP) is 2.46. The van der Waals surface area contributed by atoms with Gasteiger partial charge in [0, 0.05) is 43.3 Å². The van der Waals surface area contributed by atoms with Crippen LogP contribution in [0, 0.1) is 6.92 Å². The van der Waals surface area contributed by atoms with E-state index < -0.39 is 0 Å². The molecule has 0 unspecified atom stereocenters. The van der Waals surface area contributed by atoms with E-state index in [4.69, 9.17) is 4.52 Å². The van der Waals surface area contributed by atoms with Crippen LogP contribution in [-0.4, -0.2) is 41.2 Å². The maximum Gasteiger partial charge on any atom is 0.223 e. The second-order valence-electron chi connectivity index (χ2n) is 4.97. The van der Waals surface area contributed by atoms with Gasteiger partial charge in [0.15, 0.2) is 5.82 Å². The average Bonchev–Trinajstić information content (AvgIpc) is 2.86. The Morgan fingerprint density at radius 3 is 2.45 bits per heavy atom. The SMILES string of the molecule is Cc1nc(CN2CCN(c3ccc(Br)cc3)CC2)no1. The van der Waals surface area contributed by atoms with Crippen molar-refractivity contribution >= 4 is 21.6 Å². The normalized spacial score (nSPS) is 16.6. The summed E-state index contributed by atoms with van der Waals surface area (Å²) in [5, 5.41) is 3.95. The van der Waals surface area contributed by atoms with Gasteiger partial charge < -0.3 is 9.42 Å². The molecule has 3 rings (SSSR count). The molecule has 2 heterocycles. The molecule has 2 aromatic rings. The van der Waals surface area contributed by atoms with Gasteiger partial charge in [-0.3, -0.25) is 4.90 Å². The Labute approximate surface area is 126 Å². The zero-order valence-corrected chi connectivity index (χ0v) is 13.0. The van der Waals surface area contributed by atoms with E-state index in [1.54, 1.807) is 0 Å². The molecule has 20 heavy (non-hydrogen) atoms. The Bertz CT molecular complexity index is 561. The highest BCUT2D eigenvalue weighted by molar-refractivity contribution is 9.10. The summed E-state index contributed by atoms with van der Waals surface area (Å²) in [5.74, 6) is 1.41. The van der Waals surface area contributed by atoms with Gasteiger partial charge in [0.2, 0.25) is 5.89 Å². The summed E-state index contributed by atoms with van der Waals surface area (Å²) in [4.78, 5) is 9.02. The van der Waals surface area contributed by atoms with Crippen LogP contribution in [0.15, 0.2) is 33.3 Å². The molecule has 106 valence electrons. The molecular formula is C14H17BrN4O. The molecule has 0 spiro atoms. The first-order valence-corrected chi connectivity index (χ1v) is 7.52. The Morgan fingerprint density at radius 1 is 1.15 bits per heavy atom. The van der Waals surface area contributed by atoms with Crippen LogP contribution in [0.1, 0.15) is 11.7 Å². The highest BCUT2D eigenvalue weighted by atomic mass is 79.9. The van der Waals surface area contributed by atoms with E-state index in [0.29, 0.717) is 5.89 Å². The third-order valence-electron chi connectivity index (χ3n) is 3.50. The van der Waals surface area contributed by atoms with Crippen molar-refractivity contribution in [2.24, 2.45) is 0 Å². The van der Waals surface area contributed by atoms with Gasteiger partial charge in [0.05, 0.1) is 6.54 Å². The summed E-state index contributed by atoms with van der Waals surface area (Å²) in [6, 6.07) is 8.48. The summed E-state index contributed by atoms with van der Waals surface area (Å²) in [6.45, 7) is 6.68. The van der Waals surface area contributed by atoms with Crippen LogP contribution >= 0.6 is 15.9 Å². The molecule has 0 bridgehead atoms. The highest BCUT2D eigenvalue weighted by Gasteiger charge is 2.18. The first-order chi connectivity index (χ1) is 9.70. The molecule has 0 aliphatic carbocycles. The summed E-state index contributed by atoms with van der Waals surface area (Å²) in [7, 11) is 0. The second-order valence-corrected chi connectivity index (χ2v) is 5.88. The van der Waals surface area contributed by atoms with Crippen molar-refractivity contribution in [1.82, 2.24) is 15.0 Å². The Hall–Kier alpha value is -1.40. The van der Waals surface area contributed by atoms with Gasteiger partial charge in [-0.25, -0.2) is 0 Å². The third-order valence-corrected chi connectivity index (χ3v) is 4.03. The van der Waals surface area contributed by atoms with Crippen LogP contribution in [0.3, 0.4) is 0 Å². The Morgan fingerprint density at radius 2 is 1.85 bits per heavy atom. The van der Waals surface area contributed by atoms with E-state index >= 15 is 0 Å². The maximum atomic E-state index is 5.01. The number of hydrogen-bond acceptors (Lipinski definition) is 5. The minimum Gasteiger partial charge on any atom is -0.369 e. The van der Waals surface area contributed by atoms with E-state index in [2.05, 4.69) is 60.1 Å². The van der Waals surface area contributed by atoms with Crippen LogP contribution < -0.4 is 4.90 Å². The molecule has 5 nitrogen and oxygen atoms in total. The lowest BCUT2D eigenvalue weighted by Crippen LogP contribution is -2.46. The molecular weight excluding hydrogens is 320 g/mol. The molecule has 1 fully saturated rings. The molecule has 0 amide bonds. The Kier molecular flexibility index (Phi) is 4.03. The highest BCUT2D eigenvalue weighted by Crippen LogP contribution is 2.20. The topological polar surface area (TPSA) is 45.4 Å². The number of nitrogens with zero attached hydrogens (tertiary/aromatic N) is 4. The van der Waals surface area contributed by atoms with Crippen molar-refractivity contribution in [2.45, 2.75) is 13.5 Å². The lowest BCUT2D eigenvalue weighted by atomic mass is 10.2. The summed E-state index contributed by atoms with van der Waals surface area (Å²) < 4.78 is 6.12. The van der Waals surface area contributed by atoms with Gasteiger partial charge in [0.25, 0.3) is 0 Å². The quantitative estimate of drug-likeness (QED) is 0.861. The van der Waals surface area contributed by atoms with E-state index in [9.17, 15) is 0 Å². The van der Waals surface area contributed by atoms with E-state index in [1.807, 2.05) is 6.92 Å². The van der Waals surface area contributed by atoms with Crippen molar-refractivity contribution < 1.29 is 4.52 Å². The fourth-order valence-electron chi connectivity index (χ4n) is 2.42. The molecule has 0 saturated carbocycles. The number of hydrogen-bond donors (Lipinski definition) is 0. The van der Waals surface area contributed by atoms with E-state index in [1.165, 1.54) is 5.69 Å². The summed E-state index contributed by atoms with van der Waals surface area (Å²) in [5.41, 5.74) is 1.28. The molecule has 1 aromatic heterocycles. The van der Waals surface area contributed by atoms with Gasteiger partial charge in [0.1, 0.15) is 0 Å². The van der Waals surface area contributed by atoms with E-state index in [0.717, 1.165) is 43.0 Å². The van der Waals surface area contributed by atoms with Crippen molar-refractivity contribution in [3.8, 4) is 0 Å². The van der Waals surface area contributed by atoms with Crippen LogP contribution in [-0.2, 0) is 6.54 Å². The minimum atomic E-state index is 0.633. The van der Waals surface area contributed by atoms with Gasteiger partial charge in [-0.1, -0.05) is 21.1 Å². The lowest BCUT2D eigenvalue weighted by molar-refractivity contribution is 0.240. The van der Waals surface area contributed by atoms with Crippen molar-refractivity contribution in [3.63, 3.8) is 0 Å². The molecule has 0 radical (unpaired) electrons. The summed E-state index contributed by atoms with van der Waals surface area (Å²) >= 11 is 3.47. The van der Waals surface area contributed by atoms with Crippen LogP contribution in [0.25, 0.3) is 0 Å². The number of halogens is 1. The first-order valence-electron chi connectivity index (χ1n) is 6.73. The largest absolute Gasteiger partial charge is 0.369 e. The predicted molar refractivity (Wildman–Crippen MR) is 80.7 cm³/mol. The number of anilines is 1. The molecule has 1 aliphatic rings. The molecule has 6 heteroatoms. The smallest absolute Gasteiger partial charge is 0.223 e. The van der Waals surface area contributed by atoms with Gasteiger partial charge in [-0.15, -0.1) is 0 Å². The van der Waals surface area contributed by atoms with Crippen molar-refractivity contribution in [3.05, 3.63) is 40.5 Å². The number of aromatic nitrogens is 2. The molecule has 0 atom stereocenters. The van der Waals surface area contributed by atoms with Gasteiger partial charge in [-0.05, 0) is 24.3 Å². The average molecular weight is 337 g/mol. The number of aryl methyl sites for hydroxylation is 1. The molecule has 1 aliphatic heterocycles. The van der Waals surface area contributed by atoms with Gasteiger partial charge >= 0.3 is 0 Å². The van der Waals surface area contributed by atoms with Crippen LogP contribution in [0.4, 0.5) is 5.69 Å². The zero-order chi connectivity index (χ0) is 13.9. The Balaban J connectivity index is 1.55. The fourth-order valence-corrected chi connectivity index (χ4v) is 2.69. The van der Waals surface area contributed by atoms with Crippen molar-refractivity contribution in [1.29, 1.82) is 0 Å². The van der Waals surface area contributed by atoms with Crippen LogP contribution in [0.2, 0.25) is 0 Å². The minimum absolute atomic E-state index is 0.633. The maximum absolute atomic E-state index is 5.01. The van der Waals surface area contributed by atoms with E-state index in [-0.39, 0.29) is 0 Å². The zero-order valence-electron chi connectivity index (χ0n) is 11.4. The van der Waals surface area contributed by atoms with Gasteiger partial charge in [-0.2, -0.15) is 4.98 Å². The molecule has 1 aromatic carbocycles. The number of benzene rings is 1. The number of piperazine rings is 1. The summed E-state index contributed by atoms with van der Waals surface area (Å²) in [6.07, 6.45) is 0. The first kappa shape index (κ1) is 13.6. The molecule has 0 N–H and O–H groups in total. The number of rotatable bonds is 3. The molecule has 1 saturated heterocycles. The fraction of sp³-hybridized carbons (Fsp3) is 0.429.